The van der Waals surface area contributed by atoms with Crippen LogP contribution in [0.1, 0.15) is 192 Å². The lowest BCUT2D eigenvalue weighted by Gasteiger charge is -2.22. The first-order chi connectivity index (χ1) is 33.0. The van der Waals surface area contributed by atoms with Gasteiger partial charge in [-0.05, 0) is 148 Å². The van der Waals surface area contributed by atoms with Gasteiger partial charge in [0.1, 0.15) is 5.82 Å². The zero-order chi connectivity index (χ0) is 51.9. The average Bonchev–Trinajstić information content (AvgIpc) is 4.21. The molecular weight excluding hydrogens is 833 g/mol. The third-order valence-electron chi connectivity index (χ3n) is 10.5. The van der Waals surface area contributed by atoms with E-state index in [1.54, 1.807) is 18.7 Å². The summed E-state index contributed by atoms with van der Waals surface area (Å²) in [5.74, 6) is 1.21. The molecule has 0 amide bonds. The van der Waals surface area contributed by atoms with E-state index in [4.69, 9.17) is 0 Å². The number of imidazole rings is 1. The predicted octanol–water partition coefficient (Wildman–Crippen LogP) is 16.0. The SMILES string of the molecule is CC.CCC1=CNC2=CC=CCN12.CCCC.CCCC.CCCCCN(C)CCC.CCCN(C)C.CCCN1CCCC1.CCc1ccccc1.CCc1cccnc1.CCn1ccnc1. The Morgan fingerprint density at radius 1 is 0.603 bits per heavy atom. The van der Waals surface area contributed by atoms with Gasteiger partial charge in [-0.25, -0.2) is 4.98 Å². The van der Waals surface area contributed by atoms with Crippen LogP contribution in [0.15, 0.2) is 110 Å². The first-order valence-electron chi connectivity index (χ1n) is 27.6. The summed E-state index contributed by atoms with van der Waals surface area (Å²) in [7, 11) is 6.38. The molecule has 0 saturated carbocycles. The van der Waals surface area contributed by atoms with Crippen LogP contribution in [0.5, 0.6) is 0 Å². The summed E-state index contributed by atoms with van der Waals surface area (Å²) in [6.45, 7) is 40.0. The molecule has 0 radical (unpaired) electrons. The summed E-state index contributed by atoms with van der Waals surface area (Å²) < 4.78 is 2.01. The fraction of sp³-hybridized carbons (Fsp3) is 0.667. The minimum atomic E-state index is 1.01. The van der Waals surface area contributed by atoms with E-state index < -0.39 is 0 Å². The highest BCUT2D eigenvalue weighted by atomic mass is 15.3. The molecule has 1 N–H and O–H groups in total. The maximum Gasteiger partial charge on any atom is 0.110 e. The fourth-order valence-electron chi connectivity index (χ4n) is 6.13. The standard InChI is InChI=1S/C9H12N2.C9H21N.C8H10.C7H9N.C7H15N.C5H8N2.C5H13N.2C4H10.C2H6/c1-2-8-7-10-9-5-3-4-6-11(8)9;1-4-6-7-9-10(3)8-5-2;1-2-8-6-4-3-5-7-8;1-2-7-4-3-5-8-6-7;1-2-5-8-6-3-4-7-8;1-2-7-4-3-6-5-7;1-4-5-6(2)3;2*1-3-4-2;1-2/h3-5,7,10H,2,6H2,1H3;4-9H2,1-3H3;3-7H,2H2,1H3;3-6H,2H2,1H3;2-7H2,1H3;3-5H,2H2,1H3;4-5H2,1-3H3;2*3-4H2,1-2H3;1-2H3. The van der Waals surface area contributed by atoms with Gasteiger partial charge in [0.05, 0.1) is 6.33 Å². The lowest BCUT2D eigenvalue weighted by atomic mass is 10.2. The molecule has 0 atom stereocenters. The van der Waals surface area contributed by atoms with Crippen LogP contribution in [0, 0.1) is 0 Å². The van der Waals surface area contributed by atoms with Crippen molar-refractivity contribution >= 4 is 0 Å². The number of hydrogen-bond donors (Lipinski definition) is 1. The number of nitrogens with one attached hydrogen (secondary N) is 1. The number of likely N-dealkylation sites (tertiary alicyclic amines) is 1. The van der Waals surface area contributed by atoms with E-state index in [-0.39, 0.29) is 0 Å². The molecule has 1 saturated heterocycles. The number of nitrogens with zero attached hydrogens (tertiary/aromatic N) is 7. The van der Waals surface area contributed by atoms with Crippen molar-refractivity contribution in [1.29, 1.82) is 0 Å². The molecule has 3 aliphatic rings. The number of benzene rings is 1. The fourth-order valence-corrected chi connectivity index (χ4v) is 6.13. The smallest absolute Gasteiger partial charge is 0.110 e. The van der Waals surface area contributed by atoms with Crippen LogP contribution in [-0.2, 0) is 19.4 Å². The zero-order valence-corrected chi connectivity index (χ0v) is 48.1. The molecule has 1 aromatic carbocycles. The second kappa shape index (κ2) is 57.6. The van der Waals surface area contributed by atoms with Gasteiger partial charge >= 0.3 is 0 Å². The molecule has 3 aliphatic heterocycles. The minimum absolute atomic E-state index is 1.01. The average molecular weight is 948 g/mol. The Morgan fingerprint density at radius 3 is 1.59 bits per heavy atom. The Labute approximate surface area is 425 Å². The van der Waals surface area contributed by atoms with Crippen LogP contribution >= 0.6 is 0 Å². The number of rotatable bonds is 16. The predicted molar refractivity (Wildman–Crippen MR) is 307 cm³/mol. The molecule has 8 nitrogen and oxygen atoms in total. The minimum Gasteiger partial charge on any atom is -0.346 e. The monoisotopic (exact) mass is 947 g/mol. The van der Waals surface area contributed by atoms with Crippen molar-refractivity contribution in [2.24, 2.45) is 0 Å². The molecule has 394 valence electrons. The second-order valence-electron chi connectivity index (χ2n) is 17.0. The summed E-state index contributed by atoms with van der Waals surface area (Å²) in [6, 6.07) is 14.5. The summed E-state index contributed by atoms with van der Waals surface area (Å²) in [6.07, 6.45) is 37.0. The third-order valence-corrected chi connectivity index (χ3v) is 10.5. The van der Waals surface area contributed by atoms with Crippen LogP contribution in [0.4, 0.5) is 0 Å². The van der Waals surface area contributed by atoms with Crippen LogP contribution in [0.3, 0.4) is 0 Å². The van der Waals surface area contributed by atoms with Gasteiger partial charge in [0.15, 0.2) is 0 Å². The number of hydrogen-bond acceptors (Lipinski definition) is 7. The van der Waals surface area contributed by atoms with Gasteiger partial charge in [-0.2, -0.15) is 0 Å². The Balaban J connectivity index is -0.000000342. The quantitative estimate of drug-likeness (QED) is 0.144. The molecule has 0 bridgehead atoms. The van der Waals surface area contributed by atoms with Crippen molar-refractivity contribution < 1.29 is 0 Å². The first-order valence-corrected chi connectivity index (χ1v) is 27.6. The van der Waals surface area contributed by atoms with Crippen molar-refractivity contribution in [3.8, 4) is 0 Å². The largest absolute Gasteiger partial charge is 0.346 e. The molecule has 5 heterocycles. The van der Waals surface area contributed by atoms with Crippen molar-refractivity contribution in [1.82, 2.24) is 39.5 Å². The molecule has 0 spiro atoms. The summed E-state index contributed by atoms with van der Waals surface area (Å²) in [5, 5.41) is 3.23. The third kappa shape index (κ3) is 47.4. The molecule has 6 rings (SSSR count). The van der Waals surface area contributed by atoms with E-state index in [1.165, 1.54) is 139 Å². The van der Waals surface area contributed by atoms with Crippen molar-refractivity contribution in [2.75, 3.05) is 67.0 Å². The number of fused-ring (bicyclic) bond motifs is 1. The molecule has 1 fully saturated rings. The zero-order valence-electron chi connectivity index (χ0n) is 48.1. The van der Waals surface area contributed by atoms with E-state index in [9.17, 15) is 0 Å². The molecule has 68 heavy (non-hydrogen) atoms. The number of allylic oxidation sites excluding steroid dienone is 3. The van der Waals surface area contributed by atoms with Crippen molar-refractivity contribution in [3.05, 3.63) is 121 Å². The highest BCUT2D eigenvalue weighted by Crippen LogP contribution is 2.21. The summed E-state index contributed by atoms with van der Waals surface area (Å²) in [5.41, 5.74) is 4.08. The Bertz CT molecular complexity index is 1380. The molecule has 0 unspecified atom stereocenters. The van der Waals surface area contributed by atoms with Crippen LogP contribution in [0.2, 0.25) is 0 Å². The van der Waals surface area contributed by atoms with Crippen LogP contribution in [-0.4, -0.2) is 101 Å². The highest BCUT2D eigenvalue weighted by Gasteiger charge is 2.18. The maximum atomic E-state index is 3.96. The summed E-state index contributed by atoms with van der Waals surface area (Å²) in [4.78, 5) is 17.2. The first kappa shape index (κ1) is 70.8. The van der Waals surface area contributed by atoms with E-state index in [0.717, 1.165) is 32.4 Å². The molecule has 3 aromatic rings. The van der Waals surface area contributed by atoms with Crippen LogP contribution < -0.4 is 5.32 Å². The Hall–Kier alpha value is -3.72. The maximum absolute atomic E-state index is 3.96. The number of aromatic nitrogens is 3. The van der Waals surface area contributed by atoms with Crippen molar-refractivity contribution in [3.63, 3.8) is 0 Å². The number of aryl methyl sites for hydroxylation is 3. The van der Waals surface area contributed by atoms with Gasteiger partial charge in [0, 0.05) is 49.8 Å². The molecular formula is C60H114N8. The number of pyridine rings is 1. The Morgan fingerprint density at radius 2 is 1.21 bits per heavy atom. The van der Waals surface area contributed by atoms with Gasteiger partial charge in [0.25, 0.3) is 0 Å². The van der Waals surface area contributed by atoms with Crippen molar-refractivity contribution in [2.45, 2.75) is 200 Å². The van der Waals surface area contributed by atoms with Gasteiger partial charge in [-0.15, -0.1) is 0 Å². The Kier molecular flexibility index (Phi) is 60.0. The highest BCUT2D eigenvalue weighted by molar-refractivity contribution is 5.28. The normalized spacial score (nSPS) is 12.5. The van der Waals surface area contributed by atoms with Gasteiger partial charge in [-0.1, -0.05) is 177 Å². The lowest BCUT2D eigenvalue weighted by molar-refractivity contribution is 0.326. The lowest BCUT2D eigenvalue weighted by Crippen LogP contribution is -2.23. The second-order valence-corrected chi connectivity index (χ2v) is 17.0. The van der Waals surface area contributed by atoms with E-state index in [1.807, 2.05) is 42.9 Å². The molecule has 0 aliphatic carbocycles. The molecule has 2 aromatic heterocycles. The summed E-state index contributed by atoms with van der Waals surface area (Å²) >= 11 is 0. The van der Waals surface area contributed by atoms with E-state index in [0.29, 0.717) is 0 Å². The topological polar surface area (TPSA) is 55.7 Å². The van der Waals surface area contributed by atoms with Crippen LogP contribution in [0.25, 0.3) is 0 Å². The van der Waals surface area contributed by atoms with Gasteiger partial charge in [-0.3, -0.25) is 4.98 Å². The number of unbranched alkanes of at least 4 members (excludes halogenated alkanes) is 4. The van der Waals surface area contributed by atoms with Gasteiger partial charge < -0.3 is 29.5 Å². The van der Waals surface area contributed by atoms with E-state index >= 15 is 0 Å². The van der Waals surface area contributed by atoms with E-state index in [2.05, 4.69) is 194 Å². The molecule has 8 heteroatoms. The van der Waals surface area contributed by atoms with Gasteiger partial charge in [0.2, 0.25) is 0 Å².